The highest BCUT2D eigenvalue weighted by Crippen LogP contribution is 2.10. The van der Waals surface area contributed by atoms with Crippen LogP contribution in [0.3, 0.4) is 0 Å². The second-order valence-electron chi connectivity index (χ2n) is 4.47. The lowest BCUT2D eigenvalue weighted by Crippen LogP contribution is -2.30. The molecule has 0 aliphatic carbocycles. The zero-order chi connectivity index (χ0) is 14.5. The first kappa shape index (κ1) is 18.3. The van der Waals surface area contributed by atoms with Crippen LogP contribution in [0.5, 0.6) is 0 Å². The molecule has 0 spiro atoms. The molecule has 114 valence electrons. The lowest BCUT2D eigenvalue weighted by molar-refractivity contribution is -0.151. The molecule has 19 heavy (non-hydrogen) atoms. The molecule has 0 aromatic carbocycles. The van der Waals surface area contributed by atoms with Gasteiger partial charge in [0.2, 0.25) is 0 Å². The zero-order valence-corrected chi connectivity index (χ0v) is 12.2. The first-order valence-electron chi connectivity index (χ1n) is 6.64. The molecule has 0 rings (SSSR count). The third-order valence-electron chi connectivity index (χ3n) is 2.64. The van der Waals surface area contributed by atoms with E-state index < -0.39 is 0 Å². The molecule has 1 unspecified atom stereocenters. The summed E-state index contributed by atoms with van der Waals surface area (Å²) < 4.78 is 20.4. The number of carbonyl (C=O) groups is 1. The summed E-state index contributed by atoms with van der Waals surface area (Å²) in [6, 6.07) is 0. The van der Waals surface area contributed by atoms with Crippen LogP contribution in [0.25, 0.3) is 0 Å². The van der Waals surface area contributed by atoms with Crippen LogP contribution in [0.15, 0.2) is 0 Å². The van der Waals surface area contributed by atoms with Gasteiger partial charge in [-0.05, 0) is 5.92 Å². The smallest absolute Gasteiger partial charge is 0.310 e. The Labute approximate surface area is 115 Å². The Kier molecular flexibility index (Phi) is 11.9. The fraction of sp³-hybridized carbons (Fsp3) is 0.923. The summed E-state index contributed by atoms with van der Waals surface area (Å²) in [6.07, 6.45) is 0. The van der Waals surface area contributed by atoms with Gasteiger partial charge in [0.15, 0.2) is 0 Å². The van der Waals surface area contributed by atoms with Crippen LogP contribution in [-0.4, -0.2) is 59.3 Å². The Morgan fingerprint density at radius 3 is 2.00 bits per heavy atom. The topological polar surface area (TPSA) is 80.0 Å². The van der Waals surface area contributed by atoms with Gasteiger partial charge < -0.3 is 24.7 Å². The van der Waals surface area contributed by atoms with E-state index in [4.69, 9.17) is 24.7 Å². The van der Waals surface area contributed by atoms with Gasteiger partial charge in [-0.25, -0.2) is 0 Å². The molecule has 0 aromatic heterocycles. The standard InChI is InChI=1S/C13H27NO5/c1-11(2)12(10-14)13(15)19-9-8-18-7-6-17-5-4-16-3/h11-12H,4-10,14H2,1-3H3. The summed E-state index contributed by atoms with van der Waals surface area (Å²) in [5, 5.41) is 0. The molecule has 1 atom stereocenters. The number of esters is 1. The highest BCUT2D eigenvalue weighted by atomic mass is 16.6. The minimum absolute atomic E-state index is 0.188. The third kappa shape index (κ3) is 9.84. The van der Waals surface area contributed by atoms with E-state index in [1.165, 1.54) is 0 Å². The summed E-state index contributed by atoms with van der Waals surface area (Å²) in [5.74, 6) is -0.303. The average Bonchev–Trinajstić information content (AvgIpc) is 2.37. The van der Waals surface area contributed by atoms with Crippen LogP contribution >= 0.6 is 0 Å². The summed E-state index contributed by atoms with van der Waals surface area (Å²) in [4.78, 5) is 11.6. The molecule has 0 saturated heterocycles. The van der Waals surface area contributed by atoms with Crippen molar-refractivity contribution in [1.82, 2.24) is 0 Å². The van der Waals surface area contributed by atoms with Gasteiger partial charge in [-0.1, -0.05) is 13.8 Å². The summed E-state index contributed by atoms with van der Waals surface area (Å²) in [7, 11) is 1.62. The molecule has 0 heterocycles. The lowest BCUT2D eigenvalue weighted by atomic mass is 9.96. The van der Waals surface area contributed by atoms with Gasteiger partial charge in [0, 0.05) is 13.7 Å². The Hall–Kier alpha value is -0.690. The maximum absolute atomic E-state index is 11.6. The number of ether oxygens (including phenoxy) is 4. The van der Waals surface area contributed by atoms with Crippen molar-refractivity contribution in [3.63, 3.8) is 0 Å². The van der Waals surface area contributed by atoms with Crippen molar-refractivity contribution in [2.45, 2.75) is 13.8 Å². The van der Waals surface area contributed by atoms with E-state index in [0.717, 1.165) is 0 Å². The summed E-state index contributed by atoms with van der Waals surface area (Å²) in [6.45, 7) is 6.95. The Bertz CT molecular complexity index is 223. The fourth-order valence-electron chi connectivity index (χ4n) is 1.41. The van der Waals surface area contributed by atoms with Gasteiger partial charge in [0.05, 0.1) is 39.0 Å². The van der Waals surface area contributed by atoms with Crippen LogP contribution in [-0.2, 0) is 23.7 Å². The number of carbonyl (C=O) groups excluding carboxylic acids is 1. The van der Waals surface area contributed by atoms with Crippen molar-refractivity contribution in [3.8, 4) is 0 Å². The Balaban J connectivity index is 3.41. The molecule has 6 heteroatoms. The van der Waals surface area contributed by atoms with E-state index in [2.05, 4.69) is 0 Å². The van der Waals surface area contributed by atoms with Crippen molar-refractivity contribution in [2.24, 2.45) is 17.6 Å². The molecule has 0 aromatic rings. The molecular weight excluding hydrogens is 250 g/mol. The molecule has 0 fully saturated rings. The van der Waals surface area contributed by atoms with Crippen LogP contribution < -0.4 is 5.73 Å². The second kappa shape index (κ2) is 12.3. The Morgan fingerprint density at radius 2 is 1.53 bits per heavy atom. The minimum Gasteiger partial charge on any atom is -0.463 e. The average molecular weight is 277 g/mol. The van der Waals surface area contributed by atoms with Crippen molar-refractivity contribution >= 4 is 5.97 Å². The molecule has 0 aliphatic heterocycles. The maximum atomic E-state index is 11.6. The highest BCUT2D eigenvalue weighted by molar-refractivity contribution is 5.72. The predicted octanol–water partition coefficient (Wildman–Crippen LogP) is 0.440. The minimum atomic E-state index is -0.252. The van der Waals surface area contributed by atoms with E-state index in [9.17, 15) is 4.79 Å². The molecule has 0 radical (unpaired) electrons. The first-order chi connectivity index (χ1) is 9.13. The van der Waals surface area contributed by atoms with Gasteiger partial charge in [0.1, 0.15) is 6.61 Å². The van der Waals surface area contributed by atoms with Gasteiger partial charge >= 0.3 is 5.97 Å². The molecule has 0 saturated carbocycles. The van der Waals surface area contributed by atoms with Crippen molar-refractivity contribution < 1.29 is 23.7 Å². The van der Waals surface area contributed by atoms with Crippen LogP contribution in [0.2, 0.25) is 0 Å². The van der Waals surface area contributed by atoms with Crippen LogP contribution in [0.1, 0.15) is 13.8 Å². The maximum Gasteiger partial charge on any atom is 0.310 e. The number of hydrogen-bond acceptors (Lipinski definition) is 6. The zero-order valence-electron chi connectivity index (χ0n) is 12.2. The quantitative estimate of drug-likeness (QED) is 0.412. The number of hydrogen-bond donors (Lipinski definition) is 1. The molecule has 0 bridgehead atoms. The van der Waals surface area contributed by atoms with Crippen LogP contribution in [0, 0.1) is 11.8 Å². The van der Waals surface area contributed by atoms with E-state index in [1.54, 1.807) is 7.11 Å². The van der Waals surface area contributed by atoms with Gasteiger partial charge in [-0.15, -0.1) is 0 Å². The van der Waals surface area contributed by atoms with Crippen molar-refractivity contribution in [3.05, 3.63) is 0 Å². The third-order valence-corrected chi connectivity index (χ3v) is 2.64. The largest absolute Gasteiger partial charge is 0.463 e. The number of methoxy groups -OCH3 is 1. The van der Waals surface area contributed by atoms with E-state index in [0.29, 0.717) is 39.6 Å². The normalized spacial score (nSPS) is 12.7. The monoisotopic (exact) mass is 277 g/mol. The molecule has 0 amide bonds. The SMILES string of the molecule is COCCOCCOCCOC(=O)C(CN)C(C)C. The molecular formula is C13H27NO5. The molecule has 0 aliphatic rings. The van der Waals surface area contributed by atoms with Gasteiger partial charge in [-0.3, -0.25) is 4.79 Å². The Morgan fingerprint density at radius 1 is 1.00 bits per heavy atom. The van der Waals surface area contributed by atoms with Crippen molar-refractivity contribution in [1.29, 1.82) is 0 Å². The predicted molar refractivity (Wildman–Crippen MR) is 71.9 cm³/mol. The van der Waals surface area contributed by atoms with Gasteiger partial charge in [0.25, 0.3) is 0 Å². The van der Waals surface area contributed by atoms with E-state index in [1.807, 2.05) is 13.8 Å². The van der Waals surface area contributed by atoms with Gasteiger partial charge in [-0.2, -0.15) is 0 Å². The lowest BCUT2D eigenvalue weighted by Gasteiger charge is -2.17. The van der Waals surface area contributed by atoms with Crippen LogP contribution in [0.4, 0.5) is 0 Å². The summed E-state index contributed by atoms with van der Waals surface area (Å²) in [5.41, 5.74) is 5.53. The van der Waals surface area contributed by atoms with E-state index in [-0.39, 0.29) is 24.4 Å². The number of rotatable bonds is 12. The highest BCUT2D eigenvalue weighted by Gasteiger charge is 2.21. The number of nitrogens with two attached hydrogens (primary N) is 1. The second-order valence-corrected chi connectivity index (χ2v) is 4.47. The van der Waals surface area contributed by atoms with Crippen molar-refractivity contribution in [2.75, 3.05) is 53.3 Å². The fourth-order valence-corrected chi connectivity index (χ4v) is 1.41. The van der Waals surface area contributed by atoms with E-state index >= 15 is 0 Å². The summed E-state index contributed by atoms with van der Waals surface area (Å²) >= 11 is 0. The molecule has 6 nitrogen and oxygen atoms in total. The molecule has 2 N–H and O–H groups in total. The first-order valence-corrected chi connectivity index (χ1v) is 6.64.